The number of alkyl halides is 3. The Balaban J connectivity index is 0.000000189. The van der Waals surface area contributed by atoms with Gasteiger partial charge in [-0.2, -0.15) is 13.2 Å². The van der Waals surface area contributed by atoms with Crippen LogP contribution in [0.3, 0.4) is 0 Å². The van der Waals surface area contributed by atoms with Crippen molar-refractivity contribution in [3.63, 3.8) is 0 Å². The van der Waals surface area contributed by atoms with Gasteiger partial charge in [-0.3, -0.25) is 29.8 Å². The number of rotatable bonds is 2. The Morgan fingerprint density at radius 3 is 1.70 bits per heavy atom. The molecule has 2 N–H and O–H groups in total. The number of halogens is 3. The molecule has 0 bridgehead atoms. The van der Waals surface area contributed by atoms with Crippen LogP contribution in [0.4, 0.5) is 22.8 Å². The van der Waals surface area contributed by atoms with E-state index in [1.54, 1.807) is 6.08 Å². The van der Waals surface area contributed by atoms with Crippen molar-refractivity contribution in [2.75, 3.05) is 0 Å². The summed E-state index contributed by atoms with van der Waals surface area (Å²) in [6.45, 7) is 1.98. The fraction of sp³-hybridized carbons (Fsp3) is 0.0909. The van der Waals surface area contributed by atoms with E-state index in [0.717, 1.165) is 46.8 Å². The molecule has 11 heteroatoms. The molecule has 0 atom stereocenters. The van der Waals surface area contributed by atoms with Gasteiger partial charge >= 0.3 is 6.18 Å². The maximum Gasteiger partial charge on any atom is 0.416 e. The van der Waals surface area contributed by atoms with Crippen molar-refractivity contribution in [1.29, 1.82) is 0 Å². The molecule has 0 saturated carbocycles. The number of amides is 4. The van der Waals surface area contributed by atoms with E-state index in [2.05, 4.69) is 10.6 Å². The number of benzene rings is 2. The number of hydrogen-bond acceptors (Lipinski definition) is 6. The Morgan fingerprint density at radius 1 is 0.758 bits per heavy atom. The Bertz CT molecular complexity index is 1190. The van der Waals surface area contributed by atoms with Crippen LogP contribution < -0.4 is 10.6 Å². The summed E-state index contributed by atoms with van der Waals surface area (Å²) >= 11 is 1.65. The summed E-state index contributed by atoms with van der Waals surface area (Å²) in [5.74, 6) is -0.851. The molecule has 0 radical (unpaired) electrons. The fourth-order valence-corrected chi connectivity index (χ4v) is 4.04. The first-order valence-corrected chi connectivity index (χ1v) is 10.9. The number of carbonyl (C=O) groups excluding carboxylic acids is 4. The van der Waals surface area contributed by atoms with Gasteiger partial charge in [-0.1, -0.05) is 42.0 Å². The zero-order valence-corrected chi connectivity index (χ0v) is 18.5. The summed E-state index contributed by atoms with van der Waals surface area (Å²) in [5, 5.41) is 3.48. The summed E-state index contributed by atoms with van der Waals surface area (Å²) < 4.78 is 36.9. The molecule has 170 valence electrons. The van der Waals surface area contributed by atoms with Crippen molar-refractivity contribution < 1.29 is 32.3 Å². The highest BCUT2D eigenvalue weighted by molar-refractivity contribution is 8.18. The Hall–Kier alpha value is -3.31. The van der Waals surface area contributed by atoms with Gasteiger partial charge in [-0.05, 0) is 65.9 Å². The third kappa shape index (κ3) is 6.83. The van der Waals surface area contributed by atoms with Crippen LogP contribution in [-0.4, -0.2) is 22.3 Å². The minimum Gasteiger partial charge on any atom is -0.282 e. The maximum atomic E-state index is 12.3. The van der Waals surface area contributed by atoms with Crippen LogP contribution in [-0.2, 0) is 15.8 Å². The lowest BCUT2D eigenvalue weighted by molar-refractivity contribution is -0.137. The van der Waals surface area contributed by atoms with Crippen LogP contribution in [0.1, 0.15) is 22.3 Å². The molecule has 33 heavy (non-hydrogen) atoms. The zero-order valence-electron chi connectivity index (χ0n) is 16.9. The molecule has 2 aromatic carbocycles. The van der Waals surface area contributed by atoms with Gasteiger partial charge in [0.15, 0.2) is 0 Å². The summed E-state index contributed by atoms with van der Waals surface area (Å²) in [4.78, 5) is 44.9. The lowest BCUT2D eigenvalue weighted by Gasteiger charge is -2.05. The molecule has 2 aliphatic heterocycles. The van der Waals surface area contributed by atoms with Gasteiger partial charge in [-0.25, -0.2) is 0 Å². The highest BCUT2D eigenvalue weighted by Gasteiger charge is 2.30. The van der Waals surface area contributed by atoms with E-state index in [-0.39, 0.29) is 16.1 Å². The molecule has 2 heterocycles. The predicted octanol–water partition coefficient (Wildman–Crippen LogP) is 5.35. The van der Waals surface area contributed by atoms with Gasteiger partial charge < -0.3 is 0 Å². The number of nitrogens with one attached hydrogen (secondary N) is 2. The second-order valence-electron chi connectivity index (χ2n) is 6.74. The molecule has 2 saturated heterocycles. The summed E-state index contributed by atoms with van der Waals surface area (Å²) in [5.41, 5.74) is 1.72. The van der Waals surface area contributed by atoms with Crippen molar-refractivity contribution in [1.82, 2.24) is 10.6 Å². The largest absolute Gasteiger partial charge is 0.416 e. The number of thioether (sulfide) groups is 2. The van der Waals surface area contributed by atoms with Gasteiger partial charge in [0.05, 0.1) is 15.4 Å². The molecule has 4 amide bonds. The van der Waals surface area contributed by atoms with Crippen molar-refractivity contribution in [2.24, 2.45) is 0 Å². The Labute approximate surface area is 194 Å². The SMILES string of the molecule is Cc1cccc(/C=C2\SC(=O)NC2=O)c1.O=C1NC(=O)/C(=C/c2ccc(C(F)(F)F)cc2)S1. The van der Waals surface area contributed by atoms with Crippen LogP contribution in [0.5, 0.6) is 0 Å². The Morgan fingerprint density at radius 2 is 1.27 bits per heavy atom. The smallest absolute Gasteiger partial charge is 0.282 e. The number of aryl methyl sites for hydroxylation is 1. The summed E-state index contributed by atoms with van der Waals surface area (Å²) in [6.07, 6.45) is -1.30. The predicted molar refractivity (Wildman–Crippen MR) is 121 cm³/mol. The normalized spacial score (nSPS) is 18.3. The zero-order chi connectivity index (χ0) is 24.2. The highest BCUT2D eigenvalue weighted by Crippen LogP contribution is 2.30. The van der Waals surface area contributed by atoms with Gasteiger partial charge in [0.2, 0.25) is 0 Å². The number of carbonyl (C=O) groups is 4. The van der Waals surface area contributed by atoms with E-state index in [9.17, 15) is 32.3 Å². The van der Waals surface area contributed by atoms with E-state index >= 15 is 0 Å². The van der Waals surface area contributed by atoms with E-state index in [1.807, 2.05) is 31.2 Å². The van der Waals surface area contributed by atoms with Crippen LogP contribution in [0.15, 0.2) is 58.3 Å². The summed E-state index contributed by atoms with van der Waals surface area (Å²) in [6, 6.07) is 12.1. The average Bonchev–Trinajstić information content (AvgIpc) is 3.21. The molecule has 2 aromatic rings. The van der Waals surface area contributed by atoms with E-state index in [0.29, 0.717) is 10.5 Å². The quantitative estimate of drug-likeness (QED) is 0.550. The molecular weight excluding hydrogens is 477 g/mol. The van der Waals surface area contributed by atoms with Gasteiger partial charge in [0.25, 0.3) is 22.3 Å². The van der Waals surface area contributed by atoms with Crippen LogP contribution in [0.25, 0.3) is 12.2 Å². The van der Waals surface area contributed by atoms with E-state index in [1.165, 1.54) is 18.2 Å². The molecule has 6 nitrogen and oxygen atoms in total. The minimum atomic E-state index is -4.39. The lowest BCUT2D eigenvalue weighted by atomic mass is 10.1. The topological polar surface area (TPSA) is 92.3 Å². The molecule has 0 unspecified atom stereocenters. The van der Waals surface area contributed by atoms with Gasteiger partial charge in [0, 0.05) is 0 Å². The maximum absolute atomic E-state index is 12.3. The minimum absolute atomic E-state index is 0.166. The molecule has 2 fully saturated rings. The average molecular weight is 493 g/mol. The molecule has 0 aliphatic carbocycles. The van der Waals surface area contributed by atoms with Crippen LogP contribution >= 0.6 is 23.5 Å². The summed E-state index contributed by atoms with van der Waals surface area (Å²) in [7, 11) is 0. The van der Waals surface area contributed by atoms with Crippen molar-refractivity contribution in [3.8, 4) is 0 Å². The standard InChI is InChI=1S/C11H6F3NO2S.C11H9NO2S/c12-11(13,14)7-3-1-6(2-4-7)5-8-9(16)15-10(17)18-8;1-7-3-2-4-8(5-7)6-9-10(13)12-11(14)15-9/h1-5H,(H,15,16,17);2-6H,1H3,(H,12,13,14)/b8-5-;9-6-. The third-order valence-electron chi connectivity index (χ3n) is 4.16. The van der Waals surface area contributed by atoms with Gasteiger partial charge in [-0.15, -0.1) is 0 Å². The Kier molecular flexibility index (Phi) is 7.44. The van der Waals surface area contributed by atoms with E-state index in [4.69, 9.17) is 0 Å². The number of imide groups is 2. The highest BCUT2D eigenvalue weighted by atomic mass is 32.2. The molecule has 0 aromatic heterocycles. The van der Waals surface area contributed by atoms with Gasteiger partial charge in [0.1, 0.15) is 0 Å². The van der Waals surface area contributed by atoms with Crippen LogP contribution in [0, 0.1) is 6.92 Å². The van der Waals surface area contributed by atoms with E-state index < -0.39 is 22.9 Å². The monoisotopic (exact) mass is 492 g/mol. The molecule has 0 spiro atoms. The second-order valence-corrected chi connectivity index (χ2v) is 8.77. The first-order chi connectivity index (χ1) is 15.5. The molecule has 4 rings (SSSR count). The third-order valence-corrected chi connectivity index (χ3v) is 5.78. The first-order valence-electron chi connectivity index (χ1n) is 9.25. The second kappa shape index (κ2) is 10.1. The van der Waals surface area contributed by atoms with Crippen molar-refractivity contribution >= 4 is 58.0 Å². The molecule has 2 aliphatic rings. The van der Waals surface area contributed by atoms with Crippen molar-refractivity contribution in [2.45, 2.75) is 13.1 Å². The number of hydrogen-bond donors (Lipinski definition) is 2. The van der Waals surface area contributed by atoms with Crippen molar-refractivity contribution in [3.05, 3.63) is 80.6 Å². The lowest BCUT2D eigenvalue weighted by Crippen LogP contribution is -2.17. The fourth-order valence-electron chi connectivity index (χ4n) is 2.67. The van der Waals surface area contributed by atoms with Crippen LogP contribution in [0.2, 0.25) is 0 Å². The molecular formula is C22H15F3N2O4S2. The first kappa shape index (κ1) is 24.3.